The third-order valence-electron chi connectivity index (χ3n) is 13.4. The first-order valence-electron chi connectivity index (χ1n) is 24.8. The largest absolute Gasteiger partial charge is 0.462 e. The van der Waals surface area contributed by atoms with Crippen molar-refractivity contribution in [2.75, 3.05) is 25.6 Å². The van der Waals surface area contributed by atoms with Crippen molar-refractivity contribution >= 4 is 53.3 Å². The van der Waals surface area contributed by atoms with E-state index in [0.29, 0.717) is 37.7 Å². The van der Waals surface area contributed by atoms with E-state index in [0.717, 1.165) is 12.0 Å². The number of nitrogens with one attached hydrogen (secondary N) is 2. The van der Waals surface area contributed by atoms with E-state index in [2.05, 4.69) is 23.8 Å². The van der Waals surface area contributed by atoms with Gasteiger partial charge in [0.05, 0.1) is 46.6 Å². The van der Waals surface area contributed by atoms with Crippen LogP contribution < -0.4 is 15.4 Å². The van der Waals surface area contributed by atoms with Crippen molar-refractivity contribution in [2.45, 2.75) is 109 Å². The van der Waals surface area contributed by atoms with E-state index in [1.807, 2.05) is 19.1 Å². The van der Waals surface area contributed by atoms with Crippen molar-refractivity contribution in [3.8, 4) is 11.5 Å². The SMILES string of the molecule is C=C(C)C(=O)OC(C)CCOC(=O)c1ccc(Oc2ccc(C(=O)OCCC(C)OC(=O)C(=C)C)c(C(=O)Nc3cccc(C(=O)OC45CC6CC(CC(OC(=O)c7cccc(C)c7)(C6)C4)C5)c3)c2)cc1C(=O)NC. The molecule has 4 saturated carbocycles. The van der Waals surface area contributed by atoms with Crippen molar-refractivity contribution < 1.29 is 71.5 Å². The molecule has 4 atom stereocenters. The van der Waals surface area contributed by atoms with Gasteiger partial charge < -0.3 is 43.8 Å². The number of carbonyl (C=O) groups excluding carboxylic acids is 8. The van der Waals surface area contributed by atoms with Crippen molar-refractivity contribution in [1.29, 1.82) is 0 Å². The van der Waals surface area contributed by atoms with Crippen LogP contribution in [0.2, 0.25) is 0 Å². The van der Waals surface area contributed by atoms with Crippen LogP contribution in [0.3, 0.4) is 0 Å². The molecule has 4 aromatic rings. The molecule has 8 rings (SSSR count). The number of carbonyl (C=O) groups is 8. The van der Waals surface area contributed by atoms with E-state index in [9.17, 15) is 38.4 Å². The van der Waals surface area contributed by atoms with Crippen LogP contribution in [-0.4, -0.2) is 91.3 Å². The zero-order valence-corrected chi connectivity index (χ0v) is 43.0. The highest BCUT2D eigenvalue weighted by Gasteiger charge is 2.61. The van der Waals surface area contributed by atoms with Gasteiger partial charge in [0.25, 0.3) is 11.8 Å². The number of amides is 2. The van der Waals surface area contributed by atoms with Crippen LogP contribution in [0.1, 0.15) is 147 Å². The second kappa shape index (κ2) is 23.4. The van der Waals surface area contributed by atoms with Crippen LogP contribution in [0.15, 0.2) is 109 Å². The average Bonchev–Trinajstić information content (AvgIpc) is 3.35. The minimum atomic E-state index is -0.881. The molecule has 17 nitrogen and oxygen atoms in total. The number of rotatable bonds is 21. The van der Waals surface area contributed by atoms with Crippen LogP contribution in [0.4, 0.5) is 5.69 Å². The molecule has 0 saturated heterocycles. The van der Waals surface area contributed by atoms with Gasteiger partial charge in [-0.2, -0.15) is 0 Å². The molecule has 4 fully saturated rings. The lowest BCUT2D eigenvalue weighted by Crippen LogP contribution is -2.61. The molecular weight excluding hydrogens is 965 g/mol. The number of aryl methyl sites for hydroxylation is 1. The molecule has 4 aliphatic rings. The Hall–Kier alpha value is -8.08. The van der Waals surface area contributed by atoms with Crippen LogP contribution in [0, 0.1) is 18.8 Å². The molecule has 75 heavy (non-hydrogen) atoms. The zero-order chi connectivity index (χ0) is 54.2. The van der Waals surface area contributed by atoms with Gasteiger partial charge in [-0.05, 0) is 145 Å². The maximum absolute atomic E-state index is 14.3. The topological polar surface area (TPSA) is 225 Å². The van der Waals surface area contributed by atoms with Crippen molar-refractivity contribution in [2.24, 2.45) is 11.8 Å². The third kappa shape index (κ3) is 13.8. The molecular formula is C58H62N2O15. The molecule has 4 bridgehead atoms. The maximum atomic E-state index is 14.3. The molecule has 17 heteroatoms. The fourth-order valence-electron chi connectivity index (χ4n) is 10.2. The Balaban J connectivity index is 1.08. The zero-order valence-electron chi connectivity index (χ0n) is 43.0. The molecule has 0 heterocycles. The Labute approximate surface area is 435 Å². The lowest BCUT2D eigenvalue weighted by Gasteiger charge is -2.60. The van der Waals surface area contributed by atoms with Gasteiger partial charge in [-0.3, -0.25) is 9.59 Å². The van der Waals surface area contributed by atoms with Crippen molar-refractivity contribution in [1.82, 2.24) is 5.32 Å². The van der Waals surface area contributed by atoms with Gasteiger partial charge in [0, 0.05) is 43.1 Å². The highest BCUT2D eigenvalue weighted by atomic mass is 16.6. The summed E-state index contributed by atoms with van der Waals surface area (Å²) < 4.78 is 40.3. The predicted octanol–water partition coefficient (Wildman–Crippen LogP) is 9.61. The van der Waals surface area contributed by atoms with Crippen molar-refractivity contribution in [3.63, 3.8) is 0 Å². The molecule has 4 aliphatic carbocycles. The highest BCUT2D eigenvalue weighted by molar-refractivity contribution is 6.11. The minimum Gasteiger partial charge on any atom is -0.462 e. The molecule has 2 N–H and O–H groups in total. The summed E-state index contributed by atoms with van der Waals surface area (Å²) in [5.41, 5.74) is 0.0678. The molecule has 2 amide bonds. The molecule has 0 radical (unpaired) electrons. The Morgan fingerprint density at radius 1 is 0.600 bits per heavy atom. The fourth-order valence-corrected chi connectivity index (χ4v) is 10.2. The van der Waals surface area contributed by atoms with Gasteiger partial charge in [-0.1, -0.05) is 36.9 Å². The van der Waals surface area contributed by atoms with E-state index >= 15 is 0 Å². The molecule has 0 aromatic heterocycles. The van der Waals surface area contributed by atoms with E-state index in [1.54, 1.807) is 44.2 Å². The number of esters is 6. The quantitative estimate of drug-likeness (QED) is 0.0450. The number of ether oxygens (including phenoxy) is 7. The summed E-state index contributed by atoms with van der Waals surface area (Å²) in [7, 11) is 1.38. The Morgan fingerprint density at radius 2 is 1.07 bits per heavy atom. The fraction of sp³-hybridized carbons (Fsp3) is 0.379. The van der Waals surface area contributed by atoms with Crippen LogP contribution >= 0.6 is 0 Å². The summed E-state index contributed by atoms with van der Waals surface area (Å²) in [5.74, 6) is -4.75. The van der Waals surface area contributed by atoms with Gasteiger partial charge in [0.2, 0.25) is 0 Å². The summed E-state index contributed by atoms with van der Waals surface area (Å²) in [5, 5.41) is 5.27. The first-order valence-corrected chi connectivity index (χ1v) is 24.8. The minimum absolute atomic E-state index is 0.0451. The second-order valence-corrected chi connectivity index (χ2v) is 19.9. The third-order valence-corrected chi connectivity index (χ3v) is 13.4. The van der Waals surface area contributed by atoms with Gasteiger partial charge >= 0.3 is 35.8 Å². The second-order valence-electron chi connectivity index (χ2n) is 19.9. The molecule has 4 aromatic carbocycles. The van der Waals surface area contributed by atoms with E-state index in [1.165, 1.54) is 63.4 Å². The number of anilines is 1. The smallest absolute Gasteiger partial charge is 0.338 e. The summed E-state index contributed by atoms with van der Waals surface area (Å²) >= 11 is 0. The summed E-state index contributed by atoms with van der Waals surface area (Å²) in [6, 6.07) is 21.5. The lowest BCUT2D eigenvalue weighted by molar-refractivity contribution is -0.200. The monoisotopic (exact) mass is 1030 g/mol. The number of hydrogen-bond acceptors (Lipinski definition) is 15. The molecule has 394 valence electrons. The summed E-state index contributed by atoms with van der Waals surface area (Å²) in [4.78, 5) is 106. The summed E-state index contributed by atoms with van der Waals surface area (Å²) in [6.45, 7) is 15.0. The molecule has 0 aliphatic heterocycles. The van der Waals surface area contributed by atoms with E-state index in [4.69, 9.17) is 33.2 Å². The van der Waals surface area contributed by atoms with Gasteiger partial charge in [0.15, 0.2) is 0 Å². The van der Waals surface area contributed by atoms with Gasteiger partial charge in [0.1, 0.15) is 34.9 Å². The normalized spacial score (nSPS) is 19.8. The number of benzene rings is 4. The van der Waals surface area contributed by atoms with Crippen molar-refractivity contribution in [3.05, 3.63) is 148 Å². The van der Waals surface area contributed by atoms with E-state index < -0.39 is 71.0 Å². The Morgan fingerprint density at radius 3 is 1.53 bits per heavy atom. The maximum Gasteiger partial charge on any atom is 0.338 e. The van der Waals surface area contributed by atoms with Crippen LogP contribution in [0.25, 0.3) is 0 Å². The number of hydrogen-bond donors (Lipinski definition) is 2. The molecule has 0 spiro atoms. The Kier molecular flexibility index (Phi) is 17.1. The highest BCUT2D eigenvalue weighted by Crippen LogP contribution is 2.60. The standard InChI is InChI=1S/C58H62N2O15/c1-33(2)51(63)71-36(6)19-21-69-55(67)45-17-15-43(26-47(45)49(61)59-8)73-44-16-18-46(56(68)70-22-20-37(7)72-52(64)34(3)4)48(27-44)50(62)60-42-14-10-13-41(25-42)54(66)75-58-30-38-24-39(31-58)29-57(28-38,32-58)74-53(65)40-12-9-11-35(5)23-40/h9-18,23,25-27,36-39H,1,3,19-22,24,28-32H2,2,4-8H3,(H,59,61)(H,60,62). The van der Waals surface area contributed by atoms with Gasteiger partial charge in [-0.25, -0.2) is 28.8 Å². The lowest BCUT2D eigenvalue weighted by atomic mass is 9.52. The average molecular weight is 1030 g/mol. The van der Waals surface area contributed by atoms with E-state index in [-0.39, 0.29) is 94.0 Å². The predicted molar refractivity (Wildman–Crippen MR) is 273 cm³/mol. The van der Waals surface area contributed by atoms with Gasteiger partial charge in [-0.15, -0.1) is 0 Å². The van der Waals surface area contributed by atoms with Crippen LogP contribution in [-0.2, 0) is 38.0 Å². The van der Waals surface area contributed by atoms with Crippen LogP contribution in [0.5, 0.6) is 11.5 Å². The molecule has 4 unspecified atom stereocenters. The first-order chi connectivity index (χ1) is 35.6. The summed E-state index contributed by atoms with van der Waals surface area (Å²) in [6.07, 6.45) is 3.16. The first kappa shape index (κ1) is 54.7. The Bertz CT molecular complexity index is 2930.